The molecule has 1 aliphatic rings. The Bertz CT molecular complexity index is 859. The first-order chi connectivity index (χ1) is 11.3. The first-order valence-corrected chi connectivity index (χ1v) is 9.81. The average molecular weight is 350 g/mol. The summed E-state index contributed by atoms with van der Waals surface area (Å²) in [5.74, 6) is 0.590. The van der Waals surface area contributed by atoms with Gasteiger partial charge in [0.1, 0.15) is 5.82 Å². The largest absolute Gasteiger partial charge is 0.340 e. The lowest BCUT2D eigenvalue weighted by atomic mass is 10.2. The quantitative estimate of drug-likeness (QED) is 0.853. The number of aromatic nitrogens is 2. The SMILES string of the molecule is Cc1ccc2nc([C@H]3CCCN3C(=O)CCCS(N)(=O)=O)[nH]c2c1. The van der Waals surface area contributed by atoms with Gasteiger partial charge in [0.05, 0.1) is 22.8 Å². The summed E-state index contributed by atoms with van der Waals surface area (Å²) in [6, 6.07) is 5.95. The van der Waals surface area contributed by atoms with Crippen molar-refractivity contribution in [2.45, 2.75) is 38.6 Å². The number of amides is 1. The van der Waals surface area contributed by atoms with Crippen molar-refractivity contribution >= 4 is 27.0 Å². The first-order valence-electron chi connectivity index (χ1n) is 8.10. The van der Waals surface area contributed by atoms with Gasteiger partial charge >= 0.3 is 0 Å². The number of aromatic amines is 1. The minimum absolute atomic E-state index is 0.0437. The lowest BCUT2D eigenvalue weighted by Crippen LogP contribution is -2.31. The maximum atomic E-state index is 12.4. The van der Waals surface area contributed by atoms with E-state index in [1.54, 1.807) is 4.90 Å². The lowest BCUT2D eigenvalue weighted by molar-refractivity contribution is -0.132. The maximum absolute atomic E-state index is 12.4. The predicted octanol–water partition coefficient (Wildman–Crippen LogP) is 1.60. The normalized spacial score (nSPS) is 18.4. The van der Waals surface area contributed by atoms with Crippen LogP contribution in [0.5, 0.6) is 0 Å². The van der Waals surface area contributed by atoms with Crippen LogP contribution >= 0.6 is 0 Å². The van der Waals surface area contributed by atoms with Gasteiger partial charge in [0, 0.05) is 13.0 Å². The van der Waals surface area contributed by atoms with Crippen LogP contribution in [0.3, 0.4) is 0 Å². The Morgan fingerprint density at radius 2 is 2.25 bits per heavy atom. The number of rotatable bonds is 5. The highest BCUT2D eigenvalue weighted by molar-refractivity contribution is 7.89. The number of benzene rings is 1. The van der Waals surface area contributed by atoms with Crippen molar-refractivity contribution in [3.05, 3.63) is 29.6 Å². The zero-order valence-corrected chi connectivity index (χ0v) is 14.5. The molecule has 0 bridgehead atoms. The maximum Gasteiger partial charge on any atom is 0.223 e. The molecule has 24 heavy (non-hydrogen) atoms. The second kappa shape index (κ2) is 6.52. The van der Waals surface area contributed by atoms with E-state index < -0.39 is 10.0 Å². The average Bonchev–Trinajstić information content (AvgIpc) is 3.11. The van der Waals surface area contributed by atoms with Crippen molar-refractivity contribution in [2.75, 3.05) is 12.3 Å². The van der Waals surface area contributed by atoms with E-state index in [0.29, 0.717) is 6.54 Å². The van der Waals surface area contributed by atoms with Gasteiger partial charge in [-0.3, -0.25) is 4.79 Å². The van der Waals surface area contributed by atoms with Crippen molar-refractivity contribution in [2.24, 2.45) is 5.14 Å². The molecule has 1 atom stereocenters. The van der Waals surface area contributed by atoms with Crippen LogP contribution in [0.15, 0.2) is 18.2 Å². The van der Waals surface area contributed by atoms with Gasteiger partial charge in [-0.1, -0.05) is 6.07 Å². The molecule has 3 N–H and O–H groups in total. The van der Waals surface area contributed by atoms with Crippen LogP contribution in [0.2, 0.25) is 0 Å². The molecule has 0 radical (unpaired) electrons. The molecule has 1 fully saturated rings. The molecule has 130 valence electrons. The van der Waals surface area contributed by atoms with Gasteiger partial charge in [-0.05, 0) is 43.9 Å². The molecule has 2 heterocycles. The molecule has 1 aromatic carbocycles. The Kier molecular flexibility index (Phi) is 4.60. The Morgan fingerprint density at radius 3 is 3.00 bits per heavy atom. The van der Waals surface area contributed by atoms with E-state index in [1.807, 2.05) is 25.1 Å². The molecule has 1 aromatic heterocycles. The van der Waals surface area contributed by atoms with Crippen LogP contribution in [-0.2, 0) is 14.8 Å². The lowest BCUT2D eigenvalue weighted by Gasteiger charge is -2.23. The fraction of sp³-hybridized carbons (Fsp3) is 0.500. The standard InChI is InChI=1S/C16H22N4O3S/c1-11-6-7-12-13(10-11)19-16(18-12)14-4-2-8-20(14)15(21)5-3-9-24(17,22)23/h6-7,10,14H,2-5,8-9H2,1H3,(H,18,19)(H2,17,22,23)/t14-/m1/s1. The molecule has 0 spiro atoms. The number of hydrogen-bond donors (Lipinski definition) is 2. The molecular weight excluding hydrogens is 328 g/mol. The number of likely N-dealkylation sites (tertiary alicyclic amines) is 1. The van der Waals surface area contributed by atoms with Crippen LogP contribution < -0.4 is 5.14 Å². The molecule has 1 amide bonds. The van der Waals surface area contributed by atoms with Crippen molar-refractivity contribution < 1.29 is 13.2 Å². The smallest absolute Gasteiger partial charge is 0.223 e. The molecular formula is C16H22N4O3S. The number of fused-ring (bicyclic) bond motifs is 1. The molecule has 3 rings (SSSR count). The number of primary sulfonamides is 1. The number of carbonyl (C=O) groups excluding carboxylic acids is 1. The number of carbonyl (C=O) groups is 1. The Balaban J connectivity index is 1.73. The third-order valence-electron chi connectivity index (χ3n) is 4.36. The highest BCUT2D eigenvalue weighted by atomic mass is 32.2. The molecule has 0 aliphatic carbocycles. The molecule has 2 aromatic rings. The van der Waals surface area contributed by atoms with Gasteiger partial charge in [0.2, 0.25) is 15.9 Å². The van der Waals surface area contributed by atoms with E-state index in [1.165, 1.54) is 0 Å². The van der Waals surface area contributed by atoms with E-state index >= 15 is 0 Å². The minimum Gasteiger partial charge on any atom is -0.340 e. The van der Waals surface area contributed by atoms with Crippen LogP contribution in [0.25, 0.3) is 11.0 Å². The summed E-state index contributed by atoms with van der Waals surface area (Å²) in [6.07, 6.45) is 2.22. The number of nitrogens with two attached hydrogens (primary N) is 1. The molecule has 8 heteroatoms. The fourth-order valence-corrected chi connectivity index (χ4v) is 3.77. The summed E-state index contributed by atoms with van der Waals surface area (Å²) in [5, 5.41) is 4.98. The van der Waals surface area contributed by atoms with Crippen molar-refractivity contribution in [1.29, 1.82) is 0 Å². The van der Waals surface area contributed by atoms with Crippen LogP contribution in [0.1, 0.15) is 43.1 Å². The first kappa shape index (κ1) is 16.9. The van der Waals surface area contributed by atoms with E-state index in [9.17, 15) is 13.2 Å². The Labute approximate surface area is 141 Å². The van der Waals surface area contributed by atoms with E-state index in [-0.39, 0.29) is 30.5 Å². The summed E-state index contributed by atoms with van der Waals surface area (Å²) >= 11 is 0. The summed E-state index contributed by atoms with van der Waals surface area (Å²) in [5.41, 5.74) is 3.02. The number of H-pyrrole nitrogens is 1. The van der Waals surface area contributed by atoms with E-state index in [4.69, 9.17) is 5.14 Å². The fourth-order valence-electron chi connectivity index (χ4n) is 3.22. The van der Waals surface area contributed by atoms with Gasteiger partial charge in [-0.25, -0.2) is 18.5 Å². The van der Waals surface area contributed by atoms with Crippen LogP contribution in [0, 0.1) is 6.92 Å². The minimum atomic E-state index is -3.52. The number of hydrogen-bond acceptors (Lipinski definition) is 4. The van der Waals surface area contributed by atoms with Gasteiger partial charge in [0.25, 0.3) is 0 Å². The number of nitrogens with one attached hydrogen (secondary N) is 1. The van der Waals surface area contributed by atoms with Crippen molar-refractivity contribution in [3.8, 4) is 0 Å². The summed E-state index contributed by atoms with van der Waals surface area (Å²) in [4.78, 5) is 22.2. The summed E-state index contributed by atoms with van der Waals surface area (Å²) < 4.78 is 22.0. The number of nitrogens with zero attached hydrogens (tertiary/aromatic N) is 2. The van der Waals surface area contributed by atoms with Gasteiger partial charge in [-0.15, -0.1) is 0 Å². The molecule has 0 unspecified atom stereocenters. The summed E-state index contributed by atoms with van der Waals surface area (Å²) in [6.45, 7) is 2.70. The molecule has 1 aliphatic heterocycles. The highest BCUT2D eigenvalue weighted by Gasteiger charge is 2.31. The second-order valence-corrected chi connectivity index (χ2v) is 8.09. The topological polar surface area (TPSA) is 109 Å². The zero-order valence-electron chi connectivity index (χ0n) is 13.7. The Morgan fingerprint density at radius 1 is 1.46 bits per heavy atom. The number of sulfonamides is 1. The van der Waals surface area contributed by atoms with Crippen LogP contribution in [-0.4, -0.2) is 41.5 Å². The molecule has 7 nitrogen and oxygen atoms in total. The number of imidazole rings is 1. The van der Waals surface area contributed by atoms with E-state index in [0.717, 1.165) is 35.3 Å². The molecule has 0 saturated carbocycles. The predicted molar refractivity (Wildman–Crippen MR) is 91.7 cm³/mol. The van der Waals surface area contributed by atoms with Gasteiger partial charge in [0.15, 0.2) is 0 Å². The van der Waals surface area contributed by atoms with Crippen molar-refractivity contribution in [3.63, 3.8) is 0 Å². The van der Waals surface area contributed by atoms with Crippen LogP contribution in [0.4, 0.5) is 0 Å². The number of aryl methyl sites for hydroxylation is 1. The van der Waals surface area contributed by atoms with Gasteiger partial charge < -0.3 is 9.88 Å². The monoisotopic (exact) mass is 350 g/mol. The third-order valence-corrected chi connectivity index (χ3v) is 5.22. The summed E-state index contributed by atoms with van der Waals surface area (Å²) in [7, 11) is -3.52. The highest BCUT2D eigenvalue weighted by Crippen LogP contribution is 2.32. The zero-order chi connectivity index (χ0) is 17.3. The van der Waals surface area contributed by atoms with Gasteiger partial charge in [-0.2, -0.15) is 0 Å². The molecule has 1 saturated heterocycles. The Hall–Kier alpha value is -1.93. The van der Waals surface area contributed by atoms with E-state index in [2.05, 4.69) is 9.97 Å². The van der Waals surface area contributed by atoms with Crippen molar-refractivity contribution in [1.82, 2.24) is 14.9 Å². The second-order valence-electron chi connectivity index (χ2n) is 6.36. The third kappa shape index (κ3) is 3.76.